The first kappa shape index (κ1) is 29.5. The van der Waals surface area contributed by atoms with Gasteiger partial charge in [-0.25, -0.2) is 0 Å². The van der Waals surface area contributed by atoms with Crippen LogP contribution < -0.4 is 4.90 Å². The van der Waals surface area contributed by atoms with Gasteiger partial charge in [0.15, 0.2) is 0 Å². The number of hydrogen-bond acceptors (Lipinski definition) is 1. The Balaban J connectivity index is 1.16. The summed E-state index contributed by atoms with van der Waals surface area (Å²) in [6.45, 7) is 6.75. The van der Waals surface area contributed by atoms with Crippen LogP contribution in [0.4, 0.5) is 11.4 Å². The topological polar surface area (TPSA) is 3.24 Å². The Labute approximate surface area is 278 Å². The Morgan fingerprint density at radius 2 is 1.13 bits per heavy atom. The molecule has 0 aromatic heterocycles. The fourth-order valence-corrected chi connectivity index (χ4v) is 12.6. The fraction of sp³-hybridized carbons (Fsp3) is 0.209. The third-order valence-corrected chi connectivity index (χ3v) is 16.0. The molecule has 0 amide bonds. The van der Waals surface area contributed by atoms with Crippen LogP contribution in [0.3, 0.4) is 0 Å². The lowest BCUT2D eigenvalue weighted by atomic mass is 9.85. The van der Waals surface area contributed by atoms with Gasteiger partial charge in [0, 0.05) is 36.7 Å². The Kier molecular flexibility index (Phi) is 6.59. The van der Waals surface area contributed by atoms with Gasteiger partial charge in [0.2, 0.25) is 0 Å². The molecule has 0 saturated carbocycles. The molecular weight excluding hydrogens is 595 g/mol. The van der Waals surface area contributed by atoms with E-state index in [1.807, 2.05) is 0 Å². The van der Waals surface area contributed by atoms with Crippen LogP contribution in [0.15, 0.2) is 147 Å². The molecule has 2 heterocycles. The van der Waals surface area contributed by atoms with Gasteiger partial charge in [-0.3, -0.25) is 0 Å². The lowest BCUT2D eigenvalue weighted by molar-refractivity contribution is 0.481. The van der Waals surface area contributed by atoms with Gasteiger partial charge in [0.05, 0.1) is 0 Å². The summed E-state index contributed by atoms with van der Waals surface area (Å²) in [5.74, 6) is 0. The number of benzene rings is 5. The number of anilines is 2. The van der Waals surface area contributed by atoms with Gasteiger partial charge in [-0.15, -0.1) is 0 Å². The SMILES string of the molecule is Cc1ccc(N(C2=CCC(C)(C)C=C2)c2ccc(-c3ccc4c(c3)S(C)(C)c3cc5c(cc3-4)-c3ccccc3S5(C)C)cc2)cc1. The zero-order valence-electron chi connectivity index (χ0n) is 28.0. The third kappa shape index (κ3) is 4.54. The van der Waals surface area contributed by atoms with Crippen LogP contribution in [-0.2, 0) is 0 Å². The van der Waals surface area contributed by atoms with Crippen LogP contribution >= 0.6 is 20.1 Å². The standard InChI is InChI=1S/C43H43NS2/c1-29-12-17-32(18-13-29)44(34-22-24-43(2,3)25-23-34)33-19-14-30(15-20-33)31-16-21-36-38-27-37-35-10-8-9-11-39(35)45(4,5)41(37)28-42(38)46(6,7)40(36)26-31/h8-24,26-28H,25H2,1-7H3. The van der Waals surface area contributed by atoms with Crippen molar-refractivity contribution in [3.05, 3.63) is 133 Å². The van der Waals surface area contributed by atoms with Crippen molar-refractivity contribution in [2.45, 2.75) is 46.8 Å². The highest BCUT2D eigenvalue weighted by Crippen LogP contribution is 2.73. The van der Waals surface area contributed by atoms with E-state index in [9.17, 15) is 0 Å². The van der Waals surface area contributed by atoms with Crippen LogP contribution in [-0.4, -0.2) is 25.0 Å². The number of rotatable bonds is 4. The van der Waals surface area contributed by atoms with Crippen LogP contribution in [0.5, 0.6) is 0 Å². The van der Waals surface area contributed by atoms with E-state index in [2.05, 4.69) is 172 Å². The molecule has 0 fully saturated rings. The molecule has 8 rings (SSSR count). The molecule has 0 radical (unpaired) electrons. The van der Waals surface area contributed by atoms with E-state index in [1.165, 1.54) is 65.8 Å². The van der Waals surface area contributed by atoms with E-state index < -0.39 is 20.1 Å². The Morgan fingerprint density at radius 3 is 1.78 bits per heavy atom. The van der Waals surface area contributed by atoms with Crippen LogP contribution in [0.25, 0.3) is 33.4 Å². The maximum atomic E-state index is 2.60. The predicted octanol–water partition coefficient (Wildman–Crippen LogP) is 12.6. The predicted molar refractivity (Wildman–Crippen MR) is 204 cm³/mol. The summed E-state index contributed by atoms with van der Waals surface area (Å²) in [5, 5.41) is 0. The van der Waals surface area contributed by atoms with E-state index in [0.29, 0.717) is 0 Å². The minimum Gasteiger partial charge on any atom is -0.311 e. The summed E-state index contributed by atoms with van der Waals surface area (Å²) in [5.41, 5.74) is 13.4. The van der Waals surface area contributed by atoms with Crippen molar-refractivity contribution in [3.63, 3.8) is 0 Å². The van der Waals surface area contributed by atoms with Crippen molar-refractivity contribution in [2.24, 2.45) is 5.41 Å². The molecule has 2 aliphatic heterocycles. The molecule has 0 atom stereocenters. The smallest absolute Gasteiger partial charge is 0.0461 e. The number of allylic oxidation sites excluding steroid dienone is 3. The Bertz CT molecular complexity index is 2090. The average molecular weight is 638 g/mol. The van der Waals surface area contributed by atoms with E-state index in [1.54, 1.807) is 9.79 Å². The largest absolute Gasteiger partial charge is 0.311 e. The van der Waals surface area contributed by atoms with Crippen molar-refractivity contribution in [3.8, 4) is 33.4 Å². The number of nitrogens with zero attached hydrogens (tertiary/aromatic N) is 1. The number of hydrogen-bond donors (Lipinski definition) is 0. The summed E-state index contributed by atoms with van der Waals surface area (Å²) in [6.07, 6.45) is 18.0. The zero-order chi connectivity index (χ0) is 32.0. The van der Waals surface area contributed by atoms with Crippen LogP contribution in [0.1, 0.15) is 25.8 Å². The first-order valence-corrected chi connectivity index (χ1v) is 21.1. The lowest BCUT2D eigenvalue weighted by Crippen LogP contribution is -2.19. The highest BCUT2D eigenvalue weighted by atomic mass is 32.3. The molecule has 1 nitrogen and oxygen atoms in total. The van der Waals surface area contributed by atoms with Crippen molar-refractivity contribution < 1.29 is 0 Å². The van der Waals surface area contributed by atoms with E-state index in [0.717, 1.165) is 6.42 Å². The number of aryl methyl sites for hydroxylation is 1. The van der Waals surface area contributed by atoms with E-state index in [4.69, 9.17) is 0 Å². The molecule has 0 bridgehead atoms. The molecule has 5 aromatic rings. The second kappa shape index (κ2) is 10.3. The van der Waals surface area contributed by atoms with Gasteiger partial charge in [0.1, 0.15) is 0 Å². The first-order valence-electron chi connectivity index (χ1n) is 16.2. The molecule has 0 spiro atoms. The van der Waals surface area contributed by atoms with Crippen LogP contribution in [0, 0.1) is 12.3 Å². The third-order valence-electron chi connectivity index (χ3n) is 10.3. The summed E-state index contributed by atoms with van der Waals surface area (Å²) in [7, 11) is -2.17. The van der Waals surface area contributed by atoms with Gasteiger partial charge in [0.25, 0.3) is 0 Å². The van der Waals surface area contributed by atoms with Crippen LogP contribution in [0.2, 0.25) is 0 Å². The average Bonchev–Trinajstić information content (AvgIpc) is 3.41. The molecule has 0 unspecified atom stereocenters. The molecule has 3 aliphatic rings. The van der Waals surface area contributed by atoms with Crippen molar-refractivity contribution in [2.75, 3.05) is 29.9 Å². The second-order valence-corrected chi connectivity index (χ2v) is 21.6. The minimum absolute atomic E-state index is 0.192. The van der Waals surface area contributed by atoms with Gasteiger partial charge >= 0.3 is 0 Å². The van der Waals surface area contributed by atoms with E-state index in [-0.39, 0.29) is 5.41 Å². The lowest BCUT2D eigenvalue weighted by Gasteiger charge is -2.32. The van der Waals surface area contributed by atoms with Crippen molar-refractivity contribution in [1.82, 2.24) is 0 Å². The summed E-state index contributed by atoms with van der Waals surface area (Å²) >= 11 is 0. The van der Waals surface area contributed by atoms with Gasteiger partial charge in [-0.1, -0.05) is 86.2 Å². The minimum atomic E-state index is -1.15. The Morgan fingerprint density at radius 1 is 0.565 bits per heavy atom. The molecular formula is C43H43NS2. The number of fused-ring (bicyclic) bond motifs is 6. The summed E-state index contributed by atoms with van der Waals surface area (Å²) in [4.78, 5) is 8.54. The summed E-state index contributed by atoms with van der Waals surface area (Å²) < 4.78 is 0. The molecule has 46 heavy (non-hydrogen) atoms. The first-order chi connectivity index (χ1) is 21.9. The second-order valence-electron chi connectivity index (χ2n) is 14.6. The highest BCUT2D eigenvalue weighted by Gasteiger charge is 2.38. The maximum absolute atomic E-state index is 2.60. The maximum Gasteiger partial charge on any atom is 0.0461 e. The highest BCUT2D eigenvalue weighted by molar-refractivity contribution is 8.33. The van der Waals surface area contributed by atoms with Crippen molar-refractivity contribution >= 4 is 31.4 Å². The molecule has 1 aliphatic carbocycles. The molecule has 0 N–H and O–H groups in total. The summed E-state index contributed by atoms with van der Waals surface area (Å²) in [6, 6.07) is 39.5. The monoisotopic (exact) mass is 637 g/mol. The molecule has 3 heteroatoms. The molecule has 5 aromatic carbocycles. The quantitative estimate of drug-likeness (QED) is 0.189. The van der Waals surface area contributed by atoms with Gasteiger partial charge < -0.3 is 4.90 Å². The normalized spacial score (nSPS) is 18.9. The zero-order valence-corrected chi connectivity index (χ0v) is 29.7. The van der Waals surface area contributed by atoms with Gasteiger partial charge in [-0.05, 0) is 132 Å². The molecule has 0 saturated heterocycles. The fourth-order valence-electron chi connectivity index (χ4n) is 7.47. The van der Waals surface area contributed by atoms with Gasteiger partial charge in [-0.2, -0.15) is 20.1 Å². The van der Waals surface area contributed by atoms with Crippen molar-refractivity contribution in [1.29, 1.82) is 0 Å². The van der Waals surface area contributed by atoms with E-state index >= 15 is 0 Å². The molecule has 232 valence electrons. The Hall–Kier alpha value is -3.92.